The van der Waals surface area contributed by atoms with Gasteiger partial charge in [-0.15, -0.1) is 0 Å². The summed E-state index contributed by atoms with van der Waals surface area (Å²) in [6.45, 7) is 0. The molecule has 2 N–H and O–H groups in total. The number of carbonyl (C=O) groups is 1. The largest absolute Gasteiger partial charge is 0.355 e. The number of tetrazole rings is 1. The minimum Gasteiger partial charge on any atom is -0.355 e. The molecule has 1 aromatic carbocycles. The topological polar surface area (TPSA) is 75.6 Å². The number of nitrogens with one attached hydrogen (secondary N) is 2. The molecule has 2 rings (SSSR count). The van der Waals surface area contributed by atoms with Crippen LogP contribution in [0.25, 0.3) is 5.69 Å². The Kier molecular flexibility index (Phi) is 2.78. The van der Waals surface area contributed by atoms with E-state index in [1.165, 1.54) is 0 Å². The van der Waals surface area contributed by atoms with E-state index in [0.29, 0.717) is 10.3 Å². The van der Waals surface area contributed by atoms with Gasteiger partial charge in [0.15, 0.2) is 0 Å². The van der Waals surface area contributed by atoms with Crippen LogP contribution < -0.4 is 5.32 Å². The minimum absolute atomic E-state index is 0.127. The summed E-state index contributed by atoms with van der Waals surface area (Å²) in [6, 6.07) is 6.94. The molecule has 2 aromatic rings. The number of nitrogens with zero attached hydrogens (tertiary/aromatic N) is 3. The third-order valence-corrected chi connectivity index (χ3v) is 2.35. The quantitative estimate of drug-likeness (QED) is 0.751. The Morgan fingerprint density at radius 1 is 1.44 bits per heavy atom. The molecule has 0 atom stereocenters. The zero-order chi connectivity index (χ0) is 11.5. The fourth-order valence-electron chi connectivity index (χ4n) is 1.27. The summed E-state index contributed by atoms with van der Waals surface area (Å²) in [4.78, 5) is 11.3. The number of benzene rings is 1. The van der Waals surface area contributed by atoms with Crippen LogP contribution in [0.4, 0.5) is 0 Å². The molecule has 0 unspecified atom stereocenters. The smallest absolute Gasteiger partial charge is 0.251 e. The van der Waals surface area contributed by atoms with Crippen LogP contribution in [0.5, 0.6) is 0 Å². The SMILES string of the molecule is CNC(=O)c1ccc(-n2[nH]nnc2=S)cc1. The van der Waals surface area contributed by atoms with E-state index < -0.39 is 0 Å². The molecular formula is C9H9N5OS. The van der Waals surface area contributed by atoms with Gasteiger partial charge < -0.3 is 5.32 Å². The number of amides is 1. The maximum Gasteiger partial charge on any atom is 0.251 e. The number of hydrogen-bond acceptors (Lipinski definition) is 4. The molecule has 1 amide bonds. The van der Waals surface area contributed by atoms with E-state index in [4.69, 9.17) is 12.2 Å². The van der Waals surface area contributed by atoms with Crippen molar-refractivity contribution in [1.29, 1.82) is 0 Å². The minimum atomic E-state index is -0.127. The van der Waals surface area contributed by atoms with Gasteiger partial charge in [0.1, 0.15) is 0 Å². The Labute approximate surface area is 96.3 Å². The first-order valence-corrected chi connectivity index (χ1v) is 4.96. The van der Waals surface area contributed by atoms with E-state index in [-0.39, 0.29) is 5.91 Å². The van der Waals surface area contributed by atoms with Crippen molar-refractivity contribution in [2.75, 3.05) is 7.05 Å². The van der Waals surface area contributed by atoms with Crippen molar-refractivity contribution in [2.24, 2.45) is 0 Å². The number of rotatable bonds is 2. The predicted molar refractivity (Wildman–Crippen MR) is 59.9 cm³/mol. The molecule has 7 heteroatoms. The molecule has 0 fully saturated rings. The third-order valence-electron chi connectivity index (χ3n) is 2.09. The number of aromatic nitrogens is 4. The van der Waals surface area contributed by atoms with Gasteiger partial charge in [-0.3, -0.25) is 4.79 Å². The first kappa shape index (κ1) is 10.5. The molecule has 0 radical (unpaired) electrons. The Balaban J connectivity index is 2.37. The van der Waals surface area contributed by atoms with Crippen LogP contribution in [-0.4, -0.2) is 33.2 Å². The molecule has 0 saturated carbocycles. The zero-order valence-corrected chi connectivity index (χ0v) is 9.28. The molecule has 6 nitrogen and oxygen atoms in total. The standard InChI is InChI=1S/C9H9N5OS/c1-10-8(15)6-2-4-7(5-3-6)14-9(16)11-12-13-14/h2-5H,1H3,(H,10,15)(H,11,13,16). The van der Waals surface area contributed by atoms with E-state index in [0.717, 1.165) is 5.69 Å². The molecule has 1 heterocycles. The molecular weight excluding hydrogens is 226 g/mol. The maximum atomic E-state index is 11.3. The van der Waals surface area contributed by atoms with E-state index in [1.807, 2.05) is 0 Å². The lowest BCUT2D eigenvalue weighted by Gasteiger charge is -2.02. The van der Waals surface area contributed by atoms with Gasteiger partial charge in [0.2, 0.25) is 4.77 Å². The van der Waals surface area contributed by atoms with Crippen LogP contribution in [0.3, 0.4) is 0 Å². The summed E-state index contributed by atoms with van der Waals surface area (Å²) < 4.78 is 1.89. The van der Waals surface area contributed by atoms with Crippen molar-refractivity contribution in [1.82, 2.24) is 25.5 Å². The van der Waals surface area contributed by atoms with Gasteiger partial charge in [-0.05, 0) is 36.5 Å². The molecule has 0 aliphatic carbocycles. The highest BCUT2D eigenvalue weighted by Gasteiger charge is 2.04. The van der Waals surface area contributed by atoms with Crippen LogP contribution in [0.15, 0.2) is 24.3 Å². The third kappa shape index (κ3) is 1.84. The fourth-order valence-corrected chi connectivity index (χ4v) is 1.46. The predicted octanol–water partition coefficient (Wildman–Crippen LogP) is 0.684. The monoisotopic (exact) mass is 235 g/mol. The van der Waals surface area contributed by atoms with Crippen LogP contribution in [0, 0.1) is 4.77 Å². The van der Waals surface area contributed by atoms with Crippen LogP contribution in [-0.2, 0) is 0 Å². The molecule has 0 saturated heterocycles. The van der Waals surface area contributed by atoms with Crippen molar-refractivity contribution in [3.63, 3.8) is 0 Å². The Morgan fingerprint density at radius 3 is 2.62 bits per heavy atom. The number of carbonyl (C=O) groups excluding carboxylic acids is 1. The highest BCUT2D eigenvalue weighted by molar-refractivity contribution is 7.71. The van der Waals surface area contributed by atoms with E-state index in [9.17, 15) is 4.79 Å². The van der Waals surface area contributed by atoms with Crippen LogP contribution >= 0.6 is 12.2 Å². The first-order valence-electron chi connectivity index (χ1n) is 4.55. The fraction of sp³-hybridized carbons (Fsp3) is 0.111. The van der Waals surface area contributed by atoms with Gasteiger partial charge in [-0.25, -0.2) is 4.68 Å². The molecule has 0 aliphatic heterocycles. The Morgan fingerprint density at radius 2 is 2.12 bits per heavy atom. The zero-order valence-electron chi connectivity index (χ0n) is 8.47. The van der Waals surface area contributed by atoms with Gasteiger partial charge in [-0.2, -0.15) is 5.21 Å². The summed E-state index contributed by atoms with van der Waals surface area (Å²) >= 11 is 4.95. The number of H-pyrrole nitrogens is 1. The second-order valence-electron chi connectivity index (χ2n) is 3.04. The van der Waals surface area contributed by atoms with Crippen molar-refractivity contribution >= 4 is 18.1 Å². The molecule has 0 spiro atoms. The normalized spacial score (nSPS) is 10.1. The maximum absolute atomic E-state index is 11.3. The van der Waals surface area contributed by atoms with Gasteiger partial charge >= 0.3 is 0 Å². The summed E-state index contributed by atoms with van der Waals surface area (Å²) in [5.41, 5.74) is 1.37. The van der Waals surface area contributed by atoms with E-state index in [1.54, 1.807) is 36.0 Å². The lowest BCUT2D eigenvalue weighted by atomic mass is 10.2. The van der Waals surface area contributed by atoms with Gasteiger partial charge in [0.05, 0.1) is 5.69 Å². The molecule has 0 aliphatic rings. The van der Waals surface area contributed by atoms with Crippen molar-refractivity contribution < 1.29 is 4.79 Å². The summed E-state index contributed by atoms with van der Waals surface area (Å²) in [6.07, 6.45) is 0. The second-order valence-corrected chi connectivity index (χ2v) is 3.41. The number of hydrogen-bond donors (Lipinski definition) is 2. The van der Waals surface area contributed by atoms with Gasteiger partial charge in [0.25, 0.3) is 5.91 Å². The average Bonchev–Trinajstić information content (AvgIpc) is 2.75. The van der Waals surface area contributed by atoms with Crippen molar-refractivity contribution in [3.05, 3.63) is 34.6 Å². The number of aromatic amines is 1. The van der Waals surface area contributed by atoms with Gasteiger partial charge in [0, 0.05) is 12.6 Å². The van der Waals surface area contributed by atoms with E-state index >= 15 is 0 Å². The highest BCUT2D eigenvalue weighted by atomic mass is 32.1. The molecule has 1 aromatic heterocycles. The van der Waals surface area contributed by atoms with Crippen molar-refractivity contribution in [2.45, 2.75) is 0 Å². The molecule has 0 bridgehead atoms. The Hall–Kier alpha value is -2.02. The average molecular weight is 235 g/mol. The van der Waals surface area contributed by atoms with Crippen LogP contribution in [0.1, 0.15) is 10.4 Å². The lowest BCUT2D eigenvalue weighted by Crippen LogP contribution is -2.17. The highest BCUT2D eigenvalue weighted by Crippen LogP contribution is 2.08. The second kappa shape index (κ2) is 4.23. The van der Waals surface area contributed by atoms with Crippen molar-refractivity contribution in [3.8, 4) is 5.69 Å². The molecule has 82 valence electrons. The summed E-state index contributed by atoms with van der Waals surface area (Å²) in [7, 11) is 1.59. The lowest BCUT2D eigenvalue weighted by molar-refractivity contribution is 0.0963. The van der Waals surface area contributed by atoms with Crippen LogP contribution in [0.2, 0.25) is 0 Å². The summed E-state index contributed by atoms with van der Waals surface area (Å²) in [5.74, 6) is -0.127. The van der Waals surface area contributed by atoms with Gasteiger partial charge in [-0.1, -0.05) is 10.3 Å². The molecule has 16 heavy (non-hydrogen) atoms. The van der Waals surface area contributed by atoms with E-state index in [2.05, 4.69) is 20.8 Å². The Bertz CT molecular complexity index is 556. The first-order chi connectivity index (χ1) is 7.72. The summed E-state index contributed by atoms with van der Waals surface area (Å²) in [5, 5.41) is 12.4.